The van der Waals surface area contributed by atoms with Crippen molar-refractivity contribution in [3.05, 3.63) is 65.7 Å². The maximum absolute atomic E-state index is 5.91. The molecule has 3 atom stereocenters. The van der Waals surface area contributed by atoms with Gasteiger partial charge in [0.05, 0.1) is 11.6 Å². The van der Waals surface area contributed by atoms with Gasteiger partial charge in [-0.2, -0.15) is 0 Å². The van der Waals surface area contributed by atoms with Crippen LogP contribution in [0.25, 0.3) is 0 Å². The number of aliphatic imine (C=N–C) groups is 1. The first-order valence-electron chi connectivity index (χ1n) is 8.80. The first kappa shape index (κ1) is 16.6. The van der Waals surface area contributed by atoms with Crippen molar-refractivity contribution in [3.63, 3.8) is 0 Å². The van der Waals surface area contributed by atoms with Gasteiger partial charge in [-0.25, -0.2) is 4.99 Å². The van der Waals surface area contributed by atoms with Gasteiger partial charge < -0.3 is 10.1 Å². The maximum Gasteiger partial charge on any atom is 0.218 e. The summed E-state index contributed by atoms with van der Waals surface area (Å²) in [5.74, 6) is 1.31. The Hall–Kier alpha value is -2.29. The summed E-state index contributed by atoms with van der Waals surface area (Å²) >= 11 is 0. The van der Waals surface area contributed by atoms with E-state index in [0.717, 1.165) is 23.6 Å². The minimum Gasteiger partial charge on any atom is -0.475 e. The molecule has 1 aliphatic rings. The average molecular weight is 322 g/mol. The zero-order valence-corrected chi connectivity index (χ0v) is 14.7. The summed E-state index contributed by atoms with van der Waals surface area (Å²) in [7, 11) is 0. The molecule has 3 nitrogen and oxygen atoms in total. The molecule has 0 fully saturated rings. The molecule has 3 heteroatoms. The molecular formula is C21H26N2O. The van der Waals surface area contributed by atoms with E-state index >= 15 is 0 Å². The summed E-state index contributed by atoms with van der Waals surface area (Å²) in [4.78, 5) is 4.82. The van der Waals surface area contributed by atoms with Crippen molar-refractivity contribution in [3.8, 4) is 0 Å². The standard InChI is InChI=1S/C21H26N2O/c1-4-15(2)20-14-24-21(23-20)18-12-8-9-13-19(18)22-16(3)17-10-6-5-7-11-17/h5-13,15-16,20,22H,4,14H2,1-3H3/t15?,16-,20-/m1/s1. The summed E-state index contributed by atoms with van der Waals surface area (Å²) in [6.07, 6.45) is 1.12. The minimum absolute atomic E-state index is 0.222. The molecule has 0 amide bonds. The smallest absolute Gasteiger partial charge is 0.218 e. The zero-order valence-electron chi connectivity index (χ0n) is 14.7. The number of rotatable bonds is 6. The molecule has 2 aromatic rings. The topological polar surface area (TPSA) is 33.6 Å². The summed E-state index contributed by atoms with van der Waals surface area (Å²) in [5, 5.41) is 3.60. The molecule has 0 saturated carbocycles. The molecule has 3 rings (SSSR count). The Labute approximate surface area is 144 Å². The fraction of sp³-hybridized carbons (Fsp3) is 0.381. The number of anilines is 1. The Morgan fingerprint density at radius 1 is 1.08 bits per heavy atom. The highest BCUT2D eigenvalue weighted by Crippen LogP contribution is 2.26. The number of benzene rings is 2. The number of hydrogen-bond acceptors (Lipinski definition) is 3. The van der Waals surface area contributed by atoms with Gasteiger partial charge in [0.15, 0.2) is 0 Å². The Balaban J connectivity index is 1.81. The van der Waals surface area contributed by atoms with Gasteiger partial charge in [-0.1, -0.05) is 62.7 Å². The van der Waals surface area contributed by atoms with Gasteiger partial charge in [0, 0.05) is 11.7 Å². The van der Waals surface area contributed by atoms with Crippen molar-refractivity contribution < 1.29 is 4.74 Å². The van der Waals surface area contributed by atoms with E-state index < -0.39 is 0 Å². The molecule has 0 saturated heterocycles. The molecule has 24 heavy (non-hydrogen) atoms. The first-order chi connectivity index (χ1) is 11.7. The summed E-state index contributed by atoms with van der Waals surface area (Å²) in [5.41, 5.74) is 3.38. The summed E-state index contributed by atoms with van der Waals surface area (Å²) in [6.45, 7) is 7.30. The third-order valence-corrected chi connectivity index (χ3v) is 4.80. The fourth-order valence-electron chi connectivity index (χ4n) is 2.95. The minimum atomic E-state index is 0.222. The van der Waals surface area contributed by atoms with E-state index in [-0.39, 0.29) is 12.1 Å². The SMILES string of the molecule is CCC(C)[C@H]1COC(c2ccccc2N[C@H](C)c2ccccc2)=N1. The van der Waals surface area contributed by atoms with Crippen LogP contribution in [0.2, 0.25) is 0 Å². The van der Waals surface area contributed by atoms with Crippen LogP contribution in [0, 0.1) is 5.92 Å². The van der Waals surface area contributed by atoms with Crippen molar-refractivity contribution in [1.82, 2.24) is 0 Å². The second-order valence-corrected chi connectivity index (χ2v) is 6.52. The second kappa shape index (κ2) is 7.52. The van der Waals surface area contributed by atoms with Gasteiger partial charge in [0.2, 0.25) is 5.90 Å². The Bertz CT molecular complexity index is 696. The van der Waals surface area contributed by atoms with Gasteiger partial charge in [0.1, 0.15) is 6.61 Å². The van der Waals surface area contributed by atoms with Gasteiger partial charge in [-0.05, 0) is 30.5 Å². The van der Waals surface area contributed by atoms with E-state index in [0.29, 0.717) is 12.5 Å². The van der Waals surface area contributed by atoms with E-state index in [9.17, 15) is 0 Å². The van der Waals surface area contributed by atoms with Crippen LogP contribution in [0.4, 0.5) is 5.69 Å². The normalized spacial score (nSPS) is 19.3. The number of para-hydroxylation sites is 1. The van der Waals surface area contributed by atoms with E-state index in [1.165, 1.54) is 5.56 Å². The van der Waals surface area contributed by atoms with Crippen LogP contribution in [-0.4, -0.2) is 18.5 Å². The predicted molar refractivity (Wildman–Crippen MR) is 101 cm³/mol. The maximum atomic E-state index is 5.91. The van der Waals surface area contributed by atoms with Gasteiger partial charge in [-0.3, -0.25) is 0 Å². The largest absolute Gasteiger partial charge is 0.475 e. The van der Waals surface area contributed by atoms with Crippen molar-refractivity contribution in [1.29, 1.82) is 0 Å². The molecule has 1 heterocycles. The molecule has 0 aromatic heterocycles. The highest BCUT2D eigenvalue weighted by Gasteiger charge is 2.25. The third-order valence-electron chi connectivity index (χ3n) is 4.80. The number of ether oxygens (including phenoxy) is 1. The molecular weight excluding hydrogens is 296 g/mol. The highest BCUT2D eigenvalue weighted by molar-refractivity contribution is 6.00. The Kier molecular flexibility index (Phi) is 5.19. The fourth-order valence-corrected chi connectivity index (χ4v) is 2.95. The van der Waals surface area contributed by atoms with Gasteiger partial charge in [0.25, 0.3) is 0 Å². The second-order valence-electron chi connectivity index (χ2n) is 6.52. The van der Waals surface area contributed by atoms with E-state index in [2.05, 4.69) is 62.5 Å². The lowest BCUT2D eigenvalue weighted by molar-refractivity contribution is 0.282. The highest BCUT2D eigenvalue weighted by atomic mass is 16.5. The average Bonchev–Trinajstić information content (AvgIpc) is 3.12. The van der Waals surface area contributed by atoms with E-state index in [1.807, 2.05) is 18.2 Å². The molecule has 0 bridgehead atoms. The quantitative estimate of drug-likeness (QED) is 0.807. The van der Waals surface area contributed by atoms with Gasteiger partial charge >= 0.3 is 0 Å². The lowest BCUT2D eigenvalue weighted by Crippen LogP contribution is -2.16. The molecule has 126 valence electrons. The Morgan fingerprint density at radius 3 is 2.54 bits per heavy atom. The van der Waals surface area contributed by atoms with Crippen LogP contribution in [0.3, 0.4) is 0 Å². The number of hydrogen-bond donors (Lipinski definition) is 1. The lowest BCUT2D eigenvalue weighted by atomic mass is 10.0. The van der Waals surface area contributed by atoms with Crippen LogP contribution >= 0.6 is 0 Å². The van der Waals surface area contributed by atoms with Crippen molar-refractivity contribution in [2.45, 2.75) is 39.3 Å². The van der Waals surface area contributed by atoms with Crippen molar-refractivity contribution in [2.24, 2.45) is 10.9 Å². The van der Waals surface area contributed by atoms with Crippen LogP contribution < -0.4 is 5.32 Å². The zero-order chi connectivity index (χ0) is 16.9. The van der Waals surface area contributed by atoms with E-state index in [1.54, 1.807) is 0 Å². The molecule has 0 aliphatic carbocycles. The Morgan fingerprint density at radius 2 is 1.79 bits per heavy atom. The van der Waals surface area contributed by atoms with Crippen molar-refractivity contribution in [2.75, 3.05) is 11.9 Å². The molecule has 0 spiro atoms. The van der Waals surface area contributed by atoms with Crippen molar-refractivity contribution >= 4 is 11.6 Å². The predicted octanol–water partition coefficient (Wildman–Crippen LogP) is 5.05. The molecule has 2 aromatic carbocycles. The first-order valence-corrected chi connectivity index (χ1v) is 8.80. The lowest BCUT2D eigenvalue weighted by Gasteiger charge is -2.18. The number of nitrogens with zero attached hydrogens (tertiary/aromatic N) is 1. The molecule has 1 unspecified atom stereocenters. The molecule has 1 aliphatic heterocycles. The monoisotopic (exact) mass is 322 g/mol. The van der Waals surface area contributed by atoms with Crippen LogP contribution in [0.5, 0.6) is 0 Å². The van der Waals surface area contributed by atoms with Crippen LogP contribution in [-0.2, 0) is 4.74 Å². The molecule has 1 N–H and O–H groups in total. The van der Waals surface area contributed by atoms with Crippen LogP contribution in [0.1, 0.15) is 44.4 Å². The van der Waals surface area contributed by atoms with E-state index in [4.69, 9.17) is 9.73 Å². The molecule has 0 radical (unpaired) electrons. The third kappa shape index (κ3) is 3.61. The summed E-state index contributed by atoms with van der Waals surface area (Å²) < 4.78 is 5.91. The number of nitrogens with one attached hydrogen (secondary N) is 1. The van der Waals surface area contributed by atoms with Crippen LogP contribution in [0.15, 0.2) is 59.6 Å². The van der Waals surface area contributed by atoms with Gasteiger partial charge in [-0.15, -0.1) is 0 Å². The summed E-state index contributed by atoms with van der Waals surface area (Å²) in [6, 6.07) is 19.2.